The number of rotatable bonds is 5. The predicted octanol–water partition coefficient (Wildman–Crippen LogP) is 4.54. The van der Waals surface area contributed by atoms with Crippen molar-refractivity contribution >= 4 is 28.6 Å². The van der Waals surface area contributed by atoms with Gasteiger partial charge in [0.25, 0.3) is 5.91 Å². The van der Waals surface area contributed by atoms with Gasteiger partial charge in [-0.2, -0.15) is 4.98 Å². The number of benzene rings is 2. The van der Waals surface area contributed by atoms with Crippen LogP contribution in [0.5, 0.6) is 0 Å². The molecule has 1 heterocycles. The molecule has 6 nitrogen and oxygen atoms in total. The molecule has 1 aliphatic carbocycles. The molecule has 1 saturated carbocycles. The number of fused-ring (bicyclic) bond motifs is 1. The zero-order valence-electron chi connectivity index (χ0n) is 18.4. The van der Waals surface area contributed by atoms with Crippen LogP contribution >= 0.6 is 0 Å². The molecule has 0 atom stereocenters. The van der Waals surface area contributed by atoms with Gasteiger partial charge in [-0.25, -0.2) is 26.9 Å². The molecule has 0 saturated heterocycles. The highest BCUT2D eigenvalue weighted by atomic mass is 19.2. The number of carbonyl (C=O) groups excluding carboxylic acids is 1. The van der Waals surface area contributed by atoms with Crippen molar-refractivity contribution in [2.45, 2.75) is 37.8 Å². The Balaban J connectivity index is 1.42. The fraction of sp³-hybridized carbons (Fsp3) is 0.348. The highest BCUT2D eigenvalue weighted by molar-refractivity contribution is 5.95. The van der Waals surface area contributed by atoms with Gasteiger partial charge < -0.3 is 15.5 Å². The number of carbonyl (C=O) groups is 1. The average molecular weight is 479 g/mol. The van der Waals surface area contributed by atoms with E-state index in [0.717, 1.165) is 16.7 Å². The van der Waals surface area contributed by atoms with Gasteiger partial charge in [0.05, 0.1) is 5.52 Å². The number of nitrogens with zero attached hydrogens (tertiary/aromatic N) is 3. The summed E-state index contributed by atoms with van der Waals surface area (Å²) in [6, 6.07) is 7.13. The summed E-state index contributed by atoms with van der Waals surface area (Å²) in [7, 11) is 3.77. The number of aromatic nitrogens is 2. The molecule has 0 spiro atoms. The van der Waals surface area contributed by atoms with Crippen LogP contribution < -0.4 is 15.5 Å². The number of nitrogens with one attached hydrogen (secondary N) is 2. The minimum Gasteiger partial charge on any atom is -0.362 e. The van der Waals surface area contributed by atoms with Gasteiger partial charge in [-0.3, -0.25) is 4.79 Å². The first-order chi connectivity index (χ1) is 16.2. The van der Waals surface area contributed by atoms with E-state index in [1.165, 1.54) is 0 Å². The van der Waals surface area contributed by atoms with Crippen molar-refractivity contribution in [1.29, 1.82) is 0 Å². The zero-order chi connectivity index (χ0) is 24.6. The number of hydrogen-bond donors (Lipinski definition) is 2. The smallest absolute Gasteiger partial charge is 0.257 e. The summed E-state index contributed by atoms with van der Waals surface area (Å²) < 4.78 is 67.8. The van der Waals surface area contributed by atoms with Crippen molar-refractivity contribution in [3.05, 3.63) is 58.9 Å². The molecule has 0 aliphatic heterocycles. The van der Waals surface area contributed by atoms with Crippen LogP contribution in [0.2, 0.25) is 0 Å². The molecular formula is C23H22F5N5O. The van der Waals surface area contributed by atoms with Crippen LogP contribution in [0.4, 0.5) is 33.7 Å². The quantitative estimate of drug-likeness (QED) is 0.319. The van der Waals surface area contributed by atoms with Crippen molar-refractivity contribution in [1.82, 2.24) is 15.3 Å². The van der Waals surface area contributed by atoms with E-state index < -0.39 is 46.6 Å². The Morgan fingerprint density at radius 1 is 0.853 bits per heavy atom. The van der Waals surface area contributed by atoms with Crippen molar-refractivity contribution in [3.63, 3.8) is 0 Å². The second-order valence-corrected chi connectivity index (χ2v) is 8.39. The zero-order valence-corrected chi connectivity index (χ0v) is 18.4. The summed E-state index contributed by atoms with van der Waals surface area (Å²) >= 11 is 0. The van der Waals surface area contributed by atoms with Crippen molar-refractivity contribution < 1.29 is 26.7 Å². The average Bonchev–Trinajstić information content (AvgIpc) is 2.82. The van der Waals surface area contributed by atoms with Crippen LogP contribution in [0.25, 0.3) is 10.9 Å². The van der Waals surface area contributed by atoms with E-state index in [2.05, 4.69) is 20.6 Å². The number of anilines is 2. The molecule has 1 aromatic heterocycles. The van der Waals surface area contributed by atoms with E-state index in [1.54, 1.807) is 0 Å². The summed E-state index contributed by atoms with van der Waals surface area (Å²) in [6.45, 7) is 0. The largest absolute Gasteiger partial charge is 0.362 e. The van der Waals surface area contributed by atoms with Gasteiger partial charge in [0, 0.05) is 31.6 Å². The van der Waals surface area contributed by atoms with Crippen LogP contribution in [-0.2, 0) is 0 Å². The van der Waals surface area contributed by atoms with Gasteiger partial charge in [-0.05, 0) is 37.8 Å². The maximum Gasteiger partial charge on any atom is 0.257 e. The lowest BCUT2D eigenvalue weighted by Gasteiger charge is -2.30. The van der Waals surface area contributed by atoms with Crippen LogP contribution in [-0.4, -0.2) is 42.1 Å². The van der Waals surface area contributed by atoms with Gasteiger partial charge in [0.2, 0.25) is 11.8 Å². The first-order valence-electron chi connectivity index (χ1n) is 10.7. The number of para-hydroxylation sites is 1. The molecule has 0 bridgehead atoms. The third kappa shape index (κ3) is 4.46. The van der Waals surface area contributed by atoms with E-state index in [0.29, 0.717) is 31.6 Å². The third-order valence-corrected chi connectivity index (χ3v) is 5.84. The Hall–Kier alpha value is -3.50. The minimum absolute atomic E-state index is 0.0153. The molecule has 2 N–H and O–H groups in total. The number of amides is 1. The minimum atomic E-state index is -2.30. The maximum atomic E-state index is 13.9. The van der Waals surface area contributed by atoms with E-state index in [4.69, 9.17) is 0 Å². The van der Waals surface area contributed by atoms with Gasteiger partial charge in [-0.1, -0.05) is 12.1 Å². The molecule has 2 aromatic carbocycles. The van der Waals surface area contributed by atoms with E-state index in [9.17, 15) is 26.7 Å². The van der Waals surface area contributed by atoms with E-state index in [-0.39, 0.29) is 6.04 Å². The first-order valence-corrected chi connectivity index (χ1v) is 10.7. The van der Waals surface area contributed by atoms with E-state index >= 15 is 0 Å². The molecule has 1 amide bonds. The first kappa shape index (κ1) is 23.7. The van der Waals surface area contributed by atoms with Crippen molar-refractivity contribution in [3.8, 4) is 0 Å². The molecule has 180 valence electrons. The summed E-state index contributed by atoms with van der Waals surface area (Å²) in [5, 5.41) is 6.59. The van der Waals surface area contributed by atoms with Crippen LogP contribution in [0.15, 0.2) is 24.3 Å². The summed E-state index contributed by atoms with van der Waals surface area (Å²) in [6.07, 6.45) is 2.03. The second-order valence-electron chi connectivity index (χ2n) is 8.39. The fourth-order valence-electron chi connectivity index (χ4n) is 4.09. The van der Waals surface area contributed by atoms with Crippen LogP contribution in [0.1, 0.15) is 36.0 Å². The summed E-state index contributed by atoms with van der Waals surface area (Å²) in [5.74, 6) is -11.0. The maximum absolute atomic E-state index is 13.9. The highest BCUT2D eigenvalue weighted by Gasteiger charge is 2.31. The van der Waals surface area contributed by atoms with Gasteiger partial charge in [0.15, 0.2) is 23.3 Å². The Kier molecular flexibility index (Phi) is 6.54. The molecule has 3 aromatic rings. The van der Waals surface area contributed by atoms with Crippen molar-refractivity contribution in [2.24, 2.45) is 0 Å². The predicted molar refractivity (Wildman–Crippen MR) is 117 cm³/mol. The highest BCUT2D eigenvalue weighted by Crippen LogP contribution is 2.27. The Morgan fingerprint density at radius 3 is 2.03 bits per heavy atom. The Bertz CT molecular complexity index is 1220. The topological polar surface area (TPSA) is 70.2 Å². The second kappa shape index (κ2) is 9.40. The monoisotopic (exact) mass is 479 g/mol. The molecule has 1 aliphatic rings. The molecule has 34 heavy (non-hydrogen) atoms. The Labute approximate surface area is 192 Å². The Morgan fingerprint density at radius 2 is 1.41 bits per heavy atom. The van der Waals surface area contributed by atoms with Gasteiger partial charge >= 0.3 is 0 Å². The van der Waals surface area contributed by atoms with E-state index in [1.807, 2.05) is 43.3 Å². The normalized spacial score (nSPS) is 18.1. The van der Waals surface area contributed by atoms with Crippen LogP contribution in [0.3, 0.4) is 0 Å². The summed E-state index contributed by atoms with van der Waals surface area (Å²) in [4.78, 5) is 23.3. The third-order valence-electron chi connectivity index (χ3n) is 5.84. The number of halogens is 5. The molecule has 0 unspecified atom stereocenters. The SMILES string of the molecule is CN(C)c1nc(NC2CCC(NC(=O)c3c(F)c(F)c(F)c(F)c3F)CC2)nc2ccccc12. The lowest BCUT2D eigenvalue weighted by Crippen LogP contribution is -2.41. The van der Waals surface area contributed by atoms with Crippen LogP contribution in [0, 0.1) is 29.1 Å². The van der Waals surface area contributed by atoms with Gasteiger partial charge in [-0.15, -0.1) is 0 Å². The lowest BCUT2D eigenvalue weighted by molar-refractivity contribution is 0.0914. The standard InChI is InChI=1S/C23H22F5N5O/c1-33(2)21-13-5-3-4-6-14(13)31-23(32-21)30-12-9-7-11(8-10-12)29-22(34)15-16(24)18(26)20(28)19(27)17(15)25/h3-6,11-12H,7-10H2,1-2H3,(H,29,34)(H,30,31,32). The number of hydrogen-bond acceptors (Lipinski definition) is 5. The molecule has 0 radical (unpaired) electrons. The lowest BCUT2D eigenvalue weighted by atomic mass is 9.91. The van der Waals surface area contributed by atoms with Crippen molar-refractivity contribution in [2.75, 3.05) is 24.3 Å². The molecule has 1 fully saturated rings. The fourth-order valence-corrected chi connectivity index (χ4v) is 4.09. The van der Waals surface area contributed by atoms with Gasteiger partial charge in [0.1, 0.15) is 11.4 Å². The summed E-state index contributed by atoms with van der Waals surface area (Å²) in [5.41, 5.74) is -0.690. The molecular weight excluding hydrogens is 457 g/mol. The molecule has 11 heteroatoms. The molecule has 4 rings (SSSR count).